The SMILES string of the molecule is CCOc1cc(/C=C(\C#N)C(=O)Nc2ccccc2)cc(Cl)c1OCc1ccccc1F. The van der Waals surface area contributed by atoms with E-state index in [2.05, 4.69) is 5.32 Å². The highest BCUT2D eigenvalue weighted by atomic mass is 35.5. The van der Waals surface area contributed by atoms with Crippen LogP contribution in [0.15, 0.2) is 72.3 Å². The van der Waals surface area contributed by atoms with Gasteiger partial charge in [-0.15, -0.1) is 0 Å². The summed E-state index contributed by atoms with van der Waals surface area (Å²) in [6, 6.07) is 20.2. The van der Waals surface area contributed by atoms with Crippen LogP contribution < -0.4 is 14.8 Å². The number of nitrogens with zero attached hydrogens (tertiary/aromatic N) is 1. The van der Waals surface area contributed by atoms with Crippen molar-refractivity contribution in [3.63, 3.8) is 0 Å². The van der Waals surface area contributed by atoms with Gasteiger partial charge >= 0.3 is 0 Å². The number of hydrogen-bond donors (Lipinski definition) is 1. The summed E-state index contributed by atoms with van der Waals surface area (Å²) in [5, 5.41) is 12.3. The first-order valence-corrected chi connectivity index (χ1v) is 10.2. The maximum absolute atomic E-state index is 13.9. The molecule has 0 spiro atoms. The summed E-state index contributed by atoms with van der Waals surface area (Å²) in [4.78, 5) is 12.5. The molecule has 0 atom stereocenters. The maximum atomic E-state index is 13.9. The summed E-state index contributed by atoms with van der Waals surface area (Å²) in [7, 11) is 0. The van der Waals surface area contributed by atoms with Crippen molar-refractivity contribution >= 4 is 29.3 Å². The standard InChI is InChI=1S/C25H20ClFN2O3/c1-2-31-23-14-17(12-19(15-28)25(30)29-20-9-4-3-5-10-20)13-21(26)24(23)32-16-18-8-6-7-11-22(18)27/h3-14H,2,16H2,1H3,(H,29,30)/b19-12+. The van der Waals surface area contributed by atoms with Crippen LogP contribution in [-0.2, 0) is 11.4 Å². The fourth-order valence-electron chi connectivity index (χ4n) is 2.87. The van der Waals surface area contributed by atoms with E-state index < -0.39 is 5.91 Å². The molecule has 0 bridgehead atoms. The largest absolute Gasteiger partial charge is 0.490 e. The van der Waals surface area contributed by atoms with Crippen LogP contribution in [0.5, 0.6) is 11.5 Å². The molecular weight excluding hydrogens is 431 g/mol. The second-order valence-corrected chi connectivity index (χ2v) is 7.04. The van der Waals surface area contributed by atoms with E-state index in [9.17, 15) is 14.4 Å². The molecule has 1 N–H and O–H groups in total. The lowest BCUT2D eigenvalue weighted by molar-refractivity contribution is -0.112. The molecule has 1 amide bonds. The number of hydrogen-bond acceptors (Lipinski definition) is 4. The van der Waals surface area contributed by atoms with Crippen LogP contribution in [0, 0.1) is 17.1 Å². The summed E-state index contributed by atoms with van der Waals surface area (Å²) in [6.45, 7) is 2.09. The Morgan fingerprint density at radius 3 is 2.53 bits per heavy atom. The van der Waals surface area contributed by atoms with E-state index in [-0.39, 0.29) is 28.8 Å². The molecule has 0 unspecified atom stereocenters. The minimum Gasteiger partial charge on any atom is -0.490 e. The molecule has 32 heavy (non-hydrogen) atoms. The Morgan fingerprint density at radius 2 is 1.84 bits per heavy atom. The van der Waals surface area contributed by atoms with Crippen LogP contribution in [0.25, 0.3) is 6.08 Å². The monoisotopic (exact) mass is 450 g/mol. The van der Waals surface area contributed by atoms with Crippen molar-refractivity contribution in [2.75, 3.05) is 11.9 Å². The molecule has 0 heterocycles. The molecule has 0 aromatic heterocycles. The Kier molecular flexibility index (Phi) is 7.85. The Bertz CT molecular complexity index is 1170. The Hall–Kier alpha value is -3.82. The van der Waals surface area contributed by atoms with E-state index in [4.69, 9.17) is 21.1 Å². The van der Waals surface area contributed by atoms with E-state index in [1.807, 2.05) is 12.1 Å². The highest BCUT2D eigenvalue weighted by molar-refractivity contribution is 6.32. The van der Waals surface area contributed by atoms with Crippen LogP contribution in [-0.4, -0.2) is 12.5 Å². The van der Waals surface area contributed by atoms with E-state index >= 15 is 0 Å². The average Bonchev–Trinajstić information content (AvgIpc) is 2.79. The summed E-state index contributed by atoms with van der Waals surface area (Å²) in [6.07, 6.45) is 1.41. The molecule has 0 aliphatic heterocycles. The van der Waals surface area contributed by atoms with Crippen LogP contribution >= 0.6 is 11.6 Å². The summed E-state index contributed by atoms with van der Waals surface area (Å²) in [5.74, 6) is -0.360. The summed E-state index contributed by atoms with van der Waals surface area (Å²) >= 11 is 6.40. The summed E-state index contributed by atoms with van der Waals surface area (Å²) < 4.78 is 25.3. The highest BCUT2D eigenvalue weighted by Gasteiger charge is 2.15. The van der Waals surface area contributed by atoms with E-state index in [1.54, 1.807) is 61.5 Å². The van der Waals surface area contributed by atoms with Gasteiger partial charge in [-0.25, -0.2) is 4.39 Å². The second-order valence-electron chi connectivity index (χ2n) is 6.63. The van der Waals surface area contributed by atoms with E-state index in [0.29, 0.717) is 29.2 Å². The first kappa shape index (κ1) is 22.9. The molecule has 3 rings (SSSR count). The second kappa shape index (κ2) is 11.0. The number of ether oxygens (including phenoxy) is 2. The number of anilines is 1. The van der Waals surface area contributed by atoms with Gasteiger partial charge in [-0.2, -0.15) is 5.26 Å². The van der Waals surface area contributed by atoms with E-state index in [0.717, 1.165) is 0 Å². The Labute approximate surface area is 190 Å². The summed E-state index contributed by atoms with van der Waals surface area (Å²) in [5.41, 5.74) is 1.33. The highest BCUT2D eigenvalue weighted by Crippen LogP contribution is 2.38. The first-order valence-electron chi connectivity index (χ1n) is 9.82. The molecule has 0 saturated carbocycles. The third-order valence-electron chi connectivity index (χ3n) is 4.37. The van der Waals surface area contributed by atoms with Gasteiger partial charge in [0.05, 0.1) is 11.6 Å². The normalized spacial score (nSPS) is 10.9. The lowest BCUT2D eigenvalue weighted by Gasteiger charge is -2.15. The first-order chi connectivity index (χ1) is 15.5. The van der Waals surface area contributed by atoms with Crippen LogP contribution in [0.2, 0.25) is 5.02 Å². The van der Waals surface area contributed by atoms with Crippen molar-refractivity contribution in [2.45, 2.75) is 13.5 Å². The van der Waals surface area contributed by atoms with Gasteiger partial charge in [0.2, 0.25) is 0 Å². The third kappa shape index (κ3) is 5.87. The zero-order chi connectivity index (χ0) is 22.9. The average molecular weight is 451 g/mol. The molecule has 0 radical (unpaired) electrons. The number of halogens is 2. The molecular formula is C25H20ClFN2O3. The quantitative estimate of drug-likeness (QED) is 0.337. The molecule has 3 aromatic carbocycles. The molecule has 162 valence electrons. The van der Waals surface area contributed by atoms with Crippen molar-refractivity contribution < 1.29 is 18.7 Å². The molecule has 0 fully saturated rings. The number of carbonyl (C=O) groups excluding carboxylic acids is 1. The number of para-hydroxylation sites is 1. The number of rotatable bonds is 8. The van der Waals surface area contributed by atoms with Gasteiger partial charge < -0.3 is 14.8 Å². The Balaban J connectivity index is 1.86. The molecule has 0 aliphatic rings. The van der Waals surface area contributed by atoms with E-state index in [1.165, 1.54) is 12.1 Å². The van der Waals surface area contributed by atoms with Crippen LogP contribution in [0.1, 0.15) is 18.1 Å². The van der Waals surface area contributed by atoms with Gasteiger partial charge in [-0.3, -0.25) is 4.79 Å². The van der Waals surface area contributed by atoms with Crippen molar-refractivity contribution in [1.82, 2.24) is 0 Å². The smallest absolute Gasteiger partial charge is 0.266 e. The molecule has 7 heteroatoms. The van der Waals surface area contributed by atoms with Gasteiger partial charge in [0.1, 0.15) is 24.1 Å². The number of nitrogens with one attached hydrogen (secondary N) is 1. The fraction of sp³-hybridized carbons (Fsp3) is 0.120. The Morgan fingerprint density at radius 1 is 1.12 bits per heavy atom. The number of nitriles is 1. The maximum Gasteiger partial charge on any atom is 0.266 e. The molecule has 3 aromatic rings. The van der Waals surface area contributed by atoms with Gasteiger partial charge in [-0.1, -0.05) is 48.0 Å². The molecule has 0 aliphatic carbocycles. The number of amides is 1. The van der Waals surface area contributed by atoms with Crippen molar-refractivity contribution in [3.05, 3.63) is 94.3 Å². The van der Waals surface area contributed by atoms with Gasteiger partial charge in [0.15, 0.2) is 11.5 Å². The predicted octanol–water partition coefficient (Wildman–Crippen LogP) is 6.00. The van der Waals surface area contributed by atoms with Crippen LogP contribution in [0.3, 0.4) is 0 Å². The fourth-order valence-corrected chi connectivity index (χ4v) is 3.15. The topological polar surface area (TPSA) is 71.3 Å². The number of carbonyl (C=O) groups is 1. The third-order valence-corrected chi connectivity index (χ3v) is 4.65. The van der Waals surface area contributed by atoms with Gasteiger partial charge in [-0.05, 0) is 48.9 Å². The zero-order valence-corrected chi connectivity index (χ0v) is 18.0. The molecule has 0 saturated heterocycles. The van der Waals surface area contributed by atoms with Crippen LogP contribution in [0.4, 0.5) is 10.1 Å². The minimum absolute atomic E-state index is 0.0371. The molecule has 5 nitrogen and oxygen atoms in total. The van der Waals surface area contributed by atoms with Crippen molar-refractivity contribution in [1.29, 1.82) is 5.26 Å². The van der Waals surface area contributed by atoms with Crippen molar-refractivity contribution in [3.8, 4) is 17.6 Å². The predicted molar refractivity (Wildman–Crippen MR) is 122 cm³/mol. The van der Waals surface area contributed by atoms with Gasteiger partial charge in [0, 0.05) is 11.3 Å². The number of benzene rings is 3. The zero-order valence-electron chi connectivity index (χ0n) is 17.3. The van der Waals surface area contributed by atoms with Gasteiger partial charge in [0.25, 0.3) is 5.91 Å². The lowest BCUT2D eigenvalue weighted by Crippen LogP contribution is -2.13. The van der Waals surface area contributed by atoms with Crippen molar-refractivity contribution in [2.24, 2.45) is 0 Å². The lowest BCUT2D eigenvalue weighted by atomic mass is 10.1. The minimum atomic E-state index is -0.548.